The molecule has 1 heterocycles. The van der Waals surface area contributed by atoms with Crippen molar-refractivity contribution < 1.29 is 22.0 Å². The molecule has 1 aromatic heterocycles. The molecule has 0 spiro atoms. The fraction of sp³-hybridized carbons (Fsp3) is 0.290. The molecule has 10 heteroatoms. The zero-order valence-electron chi connectivity index (χ0n) is 22.9. The van der Waals surface area contributed by atoms with Crippen molar-refractivity contribution in [2.45, 2.75) is 56.0 Å². The summed E-state index contributed by atoms with van der Waals surface area (Å²) in [5.74, 6) is -0.570. The third-order valence-electron chi connectivity index (χ3n) is 7.60. The van der Waals surface area contributed by atoms with E-state index in [9.17, 15) is 22.0 Å². The summed E-state index contributed by atoms with van der Waals surface area (Å²) in [6.07, 6.45) is 5.80. The van der Waals surface area contributed by atoms with E-state index in [0.29, 0.717) is 17.9 Å². The van der Waals surface area contributed by atoms with E-state index < -0.39 is 21.9 Å². The number of benzene rings is 3. The zero-order chi connectivity index (χ0) is 29.1. The summed E-state index contributed by atoms with van der Waals surface area (Å²) in [5, 5.41) is 0. The van der Waals surface area contributed by atoms with Crippen LogP contribution in [0.3, 0.4) is 0 Å². The number of hydrogen-bond donors (Lipinski definition) is 1. The largest absolute Gasteiger partial charge is 0.337 e. The second-order valence-corrected chi connectivity index (χ2v) is 12.2. The van der Waals surface area contributed by atoms with E-state index in [1.165, 1.54) is 30.3 Å². The van der Waals surface area contributed by atoms with Gasteiger partial charge in [0, 0.05) is 37.6 Å². The lowest BCUT2D eigenvalue weighted by atomic mass is 9.87. The van der Waals surface area contributed by atoms with Crippen LogP contribution >= 0.6 is 0 Å². The minimum atomic E-state index is -3.98. The molecule has 1 aliphatic rings. The third-order valence-corrected chi connectivity index (χ3v) is 9.07. The highest BCUT2D eigenvalue weighted by molar-refractivity contribution is 7.89. The van der Waals surface area contributed by atoms with Crippen molar-refractivity contribution in [1.82, 2.24) is 14.3 Å². The smallest absolute Gasteiger partial charge is 0.241 e. The highest BCUT2D eigenvalue weighted by Crippen LogP contribution is 2.35. The molecule has 0 aliphatic heterocycles. The number of carbonyl (C=O) groups is 1. The Labute approximate surface area is 238 Å². The molecule has 0 bridgehead atoms. The van der Waals surface area contributed by atoms with Gasteiger partial charge in [-0.2, -0.15) is 0 Å². The molecule has 41 heavy (non-hydrogen) atoms. The van der Waals surface area contributed by atoms with E-state index in [-0.39, 0.29) is 35.5 Å². The first kappa shape index (κ1) is 28.6. The predicted octanol–water partition coefficient (Wildman–Crippen LogP) is 5.78. The number of hydrogen-bond acceptors (Lipinski definition) is 4. The Hall–Kier alpha value is -3.89. The summed E-state index contributed by atoms with van der Waals surface area (Å²) in [6, 6.07) is 16.2. The van der Waals surface area contributed by atoms with Crippen LogP contribution in [0, 0.1) is 11.6 Å². The maximum absolute atomic E-state index is 13.8. The summed E-state index contributed by atoms with van der Waals surface area (Å²) in [6.45, 7) is 2.14. The van der Waals surface area contributed by atoms with Gasteiger partial charge in [0.25, 0.3) is 0 Å². The summed E-state index contributed by atoms with van der Waals surface area (Å²) in [5.41, 5.74) is 3.27. The number of aryl methyl sites for hydroxylation is 2. The average molecular weight is 579 g/mol. The van der Waals surface area contributed by atoms with Gasteiger partial charge in [-0.05, 0) is 84.3 Å². The van der Waals surface area contributed by atoms with Gasteiger partial charge in [-0.1, -0.05) is 31.2 Å². The van der Waals surface area contributed by atoms with Crippen LogP contribution in [0.15, 0.2) is 84.0 Å². The molecule has 0 fully saturated rings. The lowest BCUT2D eigenvalue weighted by Gasteiger charge is -2.30. The molecule has 1 aliphatic carbocycles. The van der Waals surface area contributed by atoms with Crippen molar-refractivity contribution in [3.63, 3.8) is 0 Å². The Morgan fingerprint density at radius 1 is 1.10 bits per heavy atom. The van der Waals surface area contributed by atoms with Crippen LogP contribution in [0.5, 0.6) is 0 Å². The lowest BCUT2D eigenvalue weighted by Crippen LogP contribution is -2.34. The number of fused-ring (bicyclic) bond motifs is 1. The monoisotopic (exact) mass is 578 g/mol. The van der Waals surface area contributed by atoms with E-state index in [0.717, 1.165) is 35.6 Å². The Kier molecular flexibility index (Phi) is 8.32. The zero-order valence-corrected chi connectivity index (χ0v) is 23.7. The SMILES string of the molecule is CC(CC(=O)N(Cc1nccn1C)c1ccc2c(c1)C(NS(=O)(=O)c1cccc(F)c1)CCC2)c1ccc(F)cc1. The van der Waals surface area contributed by atoms with Gasteiger partial charge in [0.2, 0.25) is 15.9 Å². The van der Waals surface area contributed by atoms with Crippen molar-refractivity contribution >= 4 is 21.6 Å². The molecule has 0 saturated carbocycles. The molecular weight excluding hydrogens is 546 g/mol. The molecule has 214 valence electrons. The molecule has 0 saturated heterocycles. The molecule has 2 atom stereocenters. The molecule has 5 rings (SSSR count). The molecular formula is C31H32F2N4O3S. The van der Waals surface area contributed by atoms with Crippen molar-refractivity contribution in [2.75, 3.05) is 4.90 Å². The Balaban J connectivity index is 1.46. The summed E-state index contributed by atoms with van der Waals surface area (Å²) in [7, 11) is -2.12. The van der Waals surface area contributed by atoms with E-state index in [1.54, 1.807) is 23.2 Å². The topological polar surface area (TPSA) is 84.3 Å². The first-order valence-corrected chi connectivity index (χ1v) is 15.0. The van der Waals surface area contributed by atoms with E-state index in [2.05, 4.69) is 9.71 Å². The van der Waals surface area contributed by atoms with Crippen LogP contribution in [-0.4, -0.2) is 23.9 Å². The van der Waals surface area contributed by atoms with Crippen LogP contribution in [0.1, 0.15) is 60.7 Å². The number of anilines is 1. The quantitative estimate of drug-likeness (QED) is 0.273. The normalized spacial score (nSPS) is 15.8. The fourth-order valence-electron chi connectivity index (χ4n) is 5.26. The number of aromatic nitrogens is 2. The minimum Gasteiger partial charge on any atom is -0.337 e. The Bertz CT molecular complexity index is 1650. The molecule has 1 N–H and O–H groups in total. The number of nitrogens with one attached hydrogen (secondary N) is 1. The van der Waals surface area contributed by atoms with E-state index >= 15 is 0 Å². The lowest BCUT2D eigenvalue weighted by molar-refractivity contribution is -0.119. The van der Waals surface area contributed by atoms with Gasteiger partial charge in [0.1, 0.15) is 17.5 Å². The van der Waals surface area contributed by atoms with Gasteiger partial charge in [-0.15, -0.1) is 0 Å². The molecule has 1 amide bonds. The summed E-state index contributed by atoms with van der Waals surface area (Å²) < 4.78 is 58.1. The predicted molar refractivity (Wildman–Crippen MR) is 153 cm³/mol. The third kappa shape index (κ3) is 6.55. The summed E-state index contributed by atoms with van der Waals surface area (Å²) >= 11 is 0. The number of nitrogens with zero attached hydrogens (tertiary/aromatic N) is 3. The number of imidazole rings is 1. The van der Waals surface area contributed by atoms with Gasteiger partial charge >= 0.3 is 0 Å². The van der Waals surface area contributed by atoms with Crippen molar-refractivity contribution in [1.29, 1.82) is 0 Å². The van der Waals surface area contributed by atoms with Crippen LogP contribution < -0.4 is 9.62 Å². The molecule has 2 unspecified atom stereocenters. The van der Waals surface area contributed by atoms with Gasteiger partial charge in [0.05, 0.1) is 11.4 Å². The maximum atomic E-state index is 13.8. The number of sulfonamides is 1. The molecule has 0 radical (unpaired) electrons. The van der Waals surface area contributed by atoms with Gasteiger partial charge < -0.3 is 9.47 Å². The van der Waals surface area contributed by atoms with Gasteiger partial charge in [-0.25, -0.2) is 26.9 Å². The molecule has 4 aromatic rings. The highest BCUT2D eigenvalue weighted by Gasteiger charge is 2.28. The first-order valence-electron chi connectivity index (χ1n) is 13.5. The molecule has 3 aromatic carbocycles. The van der Waals surface area contributed by atoms with Crippen molar-refractivity contribution in [3.05, 3.63) is 113 Å². The van der Waals surface area contributed by atoms with Crippen LogP contribution in [0.2, 0.25) is 0 Å². The second-order valence-electron chi connectivity index (χ2n) is 10.5. The van der Waals surface area contributed by atoms with E-state index in [4.69, 9.17) is 0 Å². The Morgan fingerprint density at radius 3 is 2.59 bits per heavy atom. The highest BCUT2D eigenvalue weighted by atomic mass is 32.2. The van der Waals surface area contributed by atoms with Crippen molar-refractivity contribution in [3.8, 4) is 0 Å². The van der Waals surface area contributed by atoms with Gasteiger partial charge in [-0.3, -0.25) is 4.79 Å². The maximum Gasteiger partial charge on any atom is 0.241 e. The number of amides is 1. The Morgan fingerprint density at radius 2 is 1.88 bits per heavy atom. The number of carbonyl (C=O) groups excluding carboxylic acids is 1. The van der Waals surface area contributed by atoms with Crippen molar-refractivity contribution in [2.24, 2.45) is 7.05 Å². The van der Waals surface area contributed by atoms with Crippen LogP contribution in [0.4, 0.5) is 14.5 Å². The van der Waals surface area contributed by atoms with Gasteiger partial charge in [0.15, 0.2) is 0 Å². The van der Waals surface area contributed by atoms with E-state index in [1.807, 2.05) is 42.9 Å². The summed E-state index contributed by atoms with van der Waals surface area (Å²) in [4.78, 5) is 19.7. The second kappa shape index (κ2) is 11.9. The molecule has 7 nitrogen and oxygen atoms in total. The number of halogens is 2. The first-order chi connectivity index (χ1) is 19.6. The average Bonchev–Trinajstić information content (AvgIpc) is 3.36. The van der Waals surface area contributed by atoms with Crippen LogP contribution in [0.25, 0.3) is 0 Å². The minimum absolute atomic E-state index is 0.137. The number of rotatable bonds is 9. The standard InChI is InChI=1S/C31H32F2N4O3S/c1-21(22-9-12-24(32)13-10-22)17-31(38)37(20-30-34-15-16-36(30)2)26-14-11-23-5-3-8-29(28(23)19-26)35-41(39,40)27-7-4-6-25(33)18-27/h4,6-7,9-16,18-19,21,29,35H,3,5,8,17,20H2,1-2H3. The fourth-order valence-corrected chi connectivity index (χ4v) is 6.54. The van der Waals surface area contributed by atoms with Crippen LogP contribution in [-0.2, 0) is 34.8 Å².